The highest BCUT2D eigenvalue weighted by Gasteiger charge is 2.28. The largest absolute Gasteiger partial charge is 0.496 e. The molecule has 0 bridgehead atoms. The molecule has 2 aromatic carbocycles. The van der Waals surface area contributed by atoms with Gasteiger partial charge in [0.05, 0.1) is 16.5 Å². The van der Waals surface area contributed by atoms with E-state index in [0.717, 1.165) is 28.6 Å². The van der Waals surface area contributed by atoms with Crippen LogP contribution in [0.15, 0.2) is 51.8 Å². The molecule has 0 aromatic heterocycles. The van der Waals surface area contributed by atoms with Gasteiger partial charge in [0.15, 0.2) is 0 Å². The third-order valence-electron chi connectivity index (χ3n) is 4.18. The van der Waals surface area contributed by atoms with Gasteiger partial charge < -0.3 is 10.1 Å². The van der Waals surface area contributed by atoms with Crippen LogP contribution in [0.3, 0.4) is 0 Å². The second-order valence-electron chi connectivity index (χ2n) is 6.44. The van der Waals surface area contributed by atoms with E-state index in [4.69, 9.17) is 4.74 Å². The predicted octanol–water partition coefficient (Wildman–Crippen LogP) is 3.47. The number of amides is 1. The molecular formula is C19H21BrN2O4S. The highest BCUT2D eigenvalue weighted by Crippen LogP contribution is 2.26. The molecule has 0 aliphatic heterocycles. The number of benzene rings is 2. The fourth-order valence-corrected chi connectivity index (χ4v) is 4.51. The Morgan fingerprint density at radius 1 is 1.22 bits per heavy atom. The van der Waals surface area contributed by atoms with Crippen LogP contribution >= 0.6 is 15.9 Å². The molecule has 0 radical (unpaired) electrons. The quantitative estimate of drug-likeness (QED) is 0.641. The molecule has 2 N–H and O–H groups in total. The van der Waals surface area contributed by atoms with Gasteiger partial charge in [-0.25, -0.2) is 13.1 Å². The van der Waals surface area contributed by atoms with Crippen molar-refractivity contribution in [1.82, 2.24) is 4.72 Å². The summed E-state index contributed by atoms with van der Waals surface area (Å²) < 4.78 is 33.2. The average Bonchev–Trinajstić information content (AvgIpc) is 3.43. The molecule has 1 amide bonds. The summed E-state index contributed by atoms with van der Waals surface area (Å²) in [6.07, 6.45) is 2.60. The summed E-state index contributed by atoms with van der Waals surface area (Å²) in [7, 11) is -1.94. The third kappa shape index (κ3) is 5.54. The molecule has 27 heavy (non-hydrogen) atoms. The predicted molar refractivity (Wildman–Crippen MR) is 107 cm³/mol. The van der Waals surface area contributed by atoms with Gasteiger partial charge in [0.25, 0.3) is 0 Å². The van der Waals surface area contributed by atoms with E-state index in [1.807, 2.05) is 18.2 Å². The zero-order valence-electron chi connectivity index (χ0n) is 14.9. The fraction of sp³-hybridized carbons (Fsp3) is 0.316. The minimum absolute atomic E-state index is 0.0390. The number of anilines is 1. The Morgan fingerprint density at radius 3 is 2.67 bits per heavy atom. The molecule has 1 saturated carbocycles. The van der Waals surface area contributed by atoms with Crippen LogP contribution in [0.25, 0.3) is 0 Å². The van der Waals surface area contributed by atoms with Crippen LogP contribution in [0.5, 0.6) is 5.75 Å². The molecular weight excluding hydrogens is 432 g/mol. The van der Waals surface area contributed by atoms with Crippen LogP contribution in [0.4, 0.5) is 5.69 Å². The van der Waals surface area contributed by atoms with Gasteiger partial charge in [0.1, 0.15) is 5.75 Å². The van der Waals surface area contributed by atoms with Gasteiger partial charge in [0.2, 0.25) is 15.9 Å². The number of methoxy groups -OCH3 is 1. The maximum Gasteiger partial charge on any atom is 0.240 e. The first-order chi connectivity index (χ1) is 12.9. The molecule has 1 fully saturated rings. The van der Waals surface area contributed by atoms with E-state index in [2.05, 4.69) is 26.0 Å². The summed E-state index contributed by atoms with van der Waals surface area (Å²) in [5, 5.41) is 2.76. The van der Waals surface area contributed by atoms with E-state index >= 15 is 0 Å². The lowest BCUT2D eigenvalue weighted by atomic mass is 10.1. The second-order valence-corrected chi connectivity index (χ2v) is 9.01. The van der Waals surface area contributed by atoms with Crippen molar-refractivity contribution in [2.75, 3.05) is 12.4 Å². The maximum atomic E-state index is 12.3. The standard InChI is InChI=1S/C19H21BrN2O4S/c1-26-18-9-5-13(11-17(18)20)6-10-19(23)21-15-3-2-4-16(12-15)27(24,25)22-14-7-8-14/h2-5,9,11-12,14,22H,6-8,10H2,1H3,(H,21,23). The number of aryl methyl sites for hydroxylation is 1. The van der Waals surface area contributed by atoms with Crippen molar-refractivity contribution in [2.45, 2.75) is 36.6 Å². The van der Waals surface area contributed by atoms with E-state index in [1.165, 1.54) is 12.1 Å². The van der Waals surface area contributed by atoms with Gasteiger partial charge in [0, 0.05) is 18.2 Å². The summed E-state index contributed by atoms with van der Waals surface area (Å²) in [4.78, 5) is 12.4. The number of halogens is 1. The number of rotatable bonds is 8. The third-order valence-corrected chi connectivity index (χ3v) is 6.32. The molecule has 6 nitrogen and oxygen atoms in total. The minimum Gasteiger partial charge on any atom is -0.496 e. The maximum absolute atomic E-state index is 12.3. The Morgan fingerprint density at radius 2 is 2.00 bits per heavy atom. The molecule has 0 heterocycles. The summed E-state index contributed by atoms with van der Waals surface area (Å²) in [6, 6.07) is 12.0. The number of ether oxygens (including phenoxy) is 1. The van der Waals surface area contributed by atoms with Crippen molar-refractivity contribution in [2.24, 2.45) is 0 Å². The number of nitrogens with one attached hydrogen (secondary N) is 2. The fourth-order valence-electron chi connectivity index (χ4n) is 2.58. The van der Waals surface area contributed by atoms with Crippen molar-refractivity contribution in [1.29, 1.82) is 0 Å². The lowest BCUT2D eigenvalue weighted by Crippen LogP contribution is -2.25. The molecule has 1 aliphatic carbocycles. The Balaban J connectivity index is 1.59. The van der Waals surface area contributed by atoms with Crippen molar-refractivity contribution in [3.8, 4) is 5.75 Å². The van der Waals surface area contributed by atoms with Crippen LogP contribution in [0, 0.1) is 0 Å². The van der Waals surface area contributed by atoms with Gasteiger partial charge in [-0.1, -0.05) is 12.1 Å². The first-order valence-corrected chi connectivity index (χ1v) is 10.9. The van der Waals surface area contributed by atoms with Crippen LogP contribution in [-0.4, -0.2) is 27.5 Å². The summed E-state index contributed by atoms with van der Waals surface area (Å²) in [5.74, 6) is 0.563. The van der Waals surface area contributed by atoms with Crippen LogP contribution < -0.4 is 14.8 Å². The van der Waals surface area contributed by atoms with Crippen molar-refractivity contribution < 1.29 is 17.9 Å². The highest BCUT2D eigenvalue weighted by molar-refractivity contribution is 9.10. The number of carbonyl (C=O) groups is 1. The van der Waals surface area contributed by atoms with E-state index in [9.17, 15) is 13.2 Å². The smallest absolute Gasteiger partial charge is 0.240 e. The van der Waals surface area contributed by atoms with Gasteiger partial charge in [-0.05, 0) is 71.1 Å². The number of carbonyl (C=O) groups excluding carboxylic acids is 1. The van der Waals surface area contributed by atoms with Gasteiger partial charge >= 0.3 is 0 Å². The second kappa shape index (κ2) is 8.41. The number of hydrogen-bond acceptors (Lipinski definition) is 4. The van der Waals surface area contributed by atoms with Crippen LogP contribution in [0.1, 0.15) is 24.8 Å². The molecule has 3 rings (SSSR count). The monoisotopic (exact) mass is 452 g/mol. The Bertz CT molecular complexity index is 942. The van der Waals surface area contributed by atoms with Crippen molar-refractivity contribution in [3.63, 3.8) is 0 Å². The van der Waals surface area contributed by atoms with E-state index in [-0.39, 0.29) is 23.3 Å². The molecule has 2 aromatic rings. The van der Waals surface area contributed by atoms with E-state index in [0.29, 0.717) is 12.1 Å². The zero-order chi connectivity index (χ0) is 19.4. The van der Waals surface area contributed by atoms with Crippen molar-refractivity contribution >= 4 is 37.5 Å². The first kappa shape index (κ1) is 19.9. The lowest BCUT2D eigenvalue weighted by Gasteiger charge is -2.09. The lowest BCUT2D eigenvalue weighted by molar-refractivity contribution is -0.116. The summed E-state index contributed by atoms with van der Waals surface area (Å²) >= 11 is 3.43. The van der Waals surface area contributed by atoms with Crippen LogP contribution in [0.2, 0.25) is 0 Å². The molecule has 8 heteroatoms. The molecule has 0 saturated heterocycles. The minimum atomic E-state index is -3.54. The SMILES string of the molecule is COc1ccc(CCC(=O)Nc2cccc(S(=O)(=O)NC3CC3)c2)cc1Br. The zero-order valence-corrected chi connectivity index (χ0v) is 17.3. The summed E-state index contributed by atoms with van der Waals surface area (Å²) in [5.41, 5.74) is 1.47. The Hall–Kier alpha value is -1.90. The van der Waals surface area contributed by atoms with Crippen molar-refractivity contribution in [3.05, 3.63) is 52.5 Å². The molecule has 0 unspecified atom stereocenters. The Kier molecular flexibility index (Phi) is 6.18. The van der Waals surface area contributed by atoms with E-state index < -0.39 is 10.0 Å². The van der Waals surface area contributed by atoms with E-state index in [1.54, 1.807) is 19.2 Å². The average molecular weight is 453 g/mol. The number of hydrogen-bond donors (Lipinski definition) is 2. The topological polar surface area (TPSA) is 84.5 Å². The molecule has 0 atom stereocenters. The van der Waals surface area contributed by atoms with Crippen LogP contribution in [-0.2, 0) is 21.2 Å². The summed E-state index contributed by atoms with van der Waals surface area (Å²) in [6.45, 7) is 0. The molecule has 1 aliphatic rings. The first-order valence-electron chi connectivity index (χ1n) is 8.62. The highest BCUT2D eigenvalue weighted by atomic mass is 79.9. The Labute approximate surface area is 167 Å². The van der Waals surface area contributed by atoms with Gasteiger partial charge in [-0.15, -0.1) is 0 Å². The molecule has 144 valence electrons. The molecule has 0 spiro atoms. The van der Waals surface area contributed by atoms with Gasteiger partial charge in [-0.2, -0.15) is 0 Å². The normalized spacial score (nSPS) is 14.0. The van der Waals surface area contributed by atoms with Gasteiger partial charge in [-0.3, -0.25) is 4.79 Å². The number of sulfonamides is 1.